The number of aromatic nitrogens is 1. The van der Waals surface area contributed by atoms with Gasteiger partial charge in [-0.05, 0) is 56.4 Å². The van der Waals surface area contributed by atoms with E-state index in [-0.39, 0.29) is 18.3 Å². The van der Waals surface area contributed by atoms with E-state index in [1.165, 1.54) is 0 Å². The first-order valence-corrected chi connectivity index (χ1v) is 9.78. The van der Waals surface area contributed by atoms with E-state index in [1.807, 2.05) is 0 Å². The molecule has 0 amide bonds. The van der Waals surface area contributed by atoms with Crippen molar-refractivity contribution in [2.24, 2.45) is 0 Å². The number of aromatic hydroxyl groups is 1. The largest absolute Gasteiger partial charge is 0.507 e. The van der Waals surface area contributed by atoms with Crippen molar-refractivity contribution in [1.82, 2.24) is 10.1 Å². The van der Waals surface area contributed by atoms with Crippen LogP contribution in [0.4, 0.5) is 0 Å². The lowest BCUT2D eigenvalue weighted by molar-refractivity contribution is 0.0526. The van der Waals surface area contributed by atoms with Crippen molar-refractivity contribution >= 4 is 16.9 Å². The molecular formula is C22H26N2O5. The number of nitrogens with zero attached hydrogens (tertiary/aromatic N) is 2. The molecule has 3 aromatic rings. The van der Waals surface area contributed by atoms with Crippen LogP contribution in [-0.4, -0.2) is 40.8 Å². The van der Waals surface area contributed by atoms with Gasteiger partial charge in [0.1, 0.15) is 23.8 Å². The van der Waals surface area contributed by atoms with Crippen LogP contribution < -0.4 is 4.74 Å². The highest BCUT2D eigenvalue weighted by molar-refractivity contribution is 5.89. The van der Waals surface area contributed by atoms with E-state index in [0.29, 0.717) is 35.7 Å². The van der Waals surface area contributed by atoms with Gasteiger partial charge in [-0.1, -0.05) is 19.0 Å². The summed E-state index contributed by atoms with van der Waals surface area (Å²) in [5.41, 5.74) is 2.43. The van der Waals surface area contributed by atoms with Crippen molar-refractivity contribution in [1.29, 1.82) is 0 Å². The molecule has 2 aromatic carbocycles. The number of carbonyl (C=O) groups excluding carboxylic acids is 1. The monoisotopic (exact) mass is 398 g/mol. The van der Waals surface area contributed by atoms with Gasteiger partial charge in [-0.15, -0.1) is 0 Å². The average Bonchev–Trinajstić information content (AvgIpc) is 3.15. The lowest BCUT2D eigenvalue weighted by Crippen LogP contribution is -2.22. The van der Waals surface area contributed by atoms with Crippen LogP contribution in [0.25, 0.3) is 11.0 Å². The predicted octanol–water partition coefficient (Wildman–Crippen LogP) is 4.13. The standard InChI is InChI=1S/C22H26N2O5/c1-4-24(5-2)13-18-20(25)12-11-17-19(23-29-21(17)18)14-28-16-9-7-15(8-10-16)22(26)27-6-3/h7-12,25H,4-6,13-14H2,1-3H3. The Morgan fingerprint density at radius 1 is 1.10 bits per heavy atom. The minimum absolute atomic E-state index is 0.197. The summed E-state index contributed by atoms with van der Waals surface area (Å²) < 4.78 is 16.3. The SMILES string of the molecule is CCOC(=O)c1ccc(OCc2noc3c(CN(CC)CC)c(O)ccc23)cc1. The van der Waals surface area contributed by atoms with Crippen LogP contribution in [0.2, 0.25) is 0 Å². The normalized spacial score (nSPS) is 11.2. The van der Waals surface area contributed by atoms with Gasteiger partial charge < -0.3 is 19.1 Å². The van der Waals surface area contributed by atoms with Gasteiger partial charge in [0.05, 0.1) is 17.7 Å². The highest BCUT2D eigenvalue weighted by atomic mass is 16.5. The minimum atomic E-state index is -0.359. The fourth-order valence-corrected chi connectivity index (χ4v) is 3.08. The van der Waals surface area contributed by atoms with Crippen molar-refractivity contribution < 1.29 is 23.9 Å². The zero-order chi connectivity index (χ0) is 20.8. The quantitative estimate of drug-likeness (QED) is 0.542. The lowest BCUT2D eigenvalue weighted by atomic mass is 10.1. The smallest absolute Gasteiger partial charge is 0.338 e. The van der Waals surface area contributed by atoms with Crippen LogP contribution in [-0.2, 0) is 17.9 Å². The molecule has 0 radical (unpaired) electrons. The molecule has 0 atom stereocenters. The fraction of sp³-hybridized carbons (Fsp3) is 0.364. The Kier molecular flexibility index (Phi) is 6.72. The molecule has 0 unspecified atom stereocenters. The summed E-state index contributed by atoms with van der Waals surface area (Å²) >= 11 is 0. The minimum Gasteiger partial charge on any atom is -0.507 e. The molecule has 0 aliphatic carbocycles. The number of fused-ring (bicyclic) bond motifs is 1. The van der Waals surface area contributed by atoms with E-state index >= 15 is 0 Å². The zero-order valence-electron chi connectivity index (χ0n) is 17.0. The molecule has 29 heavy (non-hydrogen) atoms. The molecular weight excluding hydrogens is 372 g/mol. The van der Waals surface area contributed by atoms with E-state index in [1.54, 1.807) is 43.3 Å². The first-order chi connectivity index (χ1) is 14.1. The molecule has 7 nitrogen and oxygen atoms in total. The highest BCUT2D eigenvalue weighted by Crippen LogP contribution is 2.31. The molecule has 0 saturated carbocycles. The summed E-state index contributed by atoms with van der Waals surface area (Å²) in [4.78, 5) is 13.9. The number of hydrogen-bond donors (Lipinski definition) is 1. The fourth-order valence-electron chi connectivity index (χ4n) is 3.08. The Balaban J connectivity index is 1.75. The third kappa shape index (κ3) is 4.68. The van der Waals surface area contributed by atoms with Gasteiger partial charge in [0.2, 0.25) is 0 Å². The van der Waals surface area contributed by atoms with Crippen LogP contribution in [0, 0.1) is 0 Å². The van der Waals surface area contributed by atoms with E-state index in [4.69, 9.17) is 14.0 Å². The van der Waals surface area contributed by atoms with Gasteiger partial charge in [-0.2, -0.15) is 0 Å². The zero-order valence-corrected chi connectivity index (χ0v) is 17.0. The second-order valence-electron chi connectivity index (χ2n) is 6.56. The molecule has 1 N–H and O–H groups in total. The molecule has 1 heterocycles. The summed E-state index contributed by atoms with van der Waals surface area (Å²) in [6.07, 6.45) is 0. The Hall–Kier alpha value is -3.06. The van der Waals surface area contributed by atoms with Gasteiger partial charge >= 0.3 is 5.97 Å². The van der Waals surface area contributed by atoms with Crippen LogP contribution in [0.3, 0.4) is 0 Å². The van der Waals surface area contributed by atoms with E-state index in [9.17, 15) is 9.90 Å². The Morgan fingerprint density at radius 2 is 1.83 bits per heavy atom. The van der Waals surface area contributed by atoms with Gasteiger partial charge in [-0.25, -0.2) is 4.79 Å². The number of hydrogen-bond acceptors (Lipinski definition) is 7. The first kappa shape index (κ1) is 20.7. The van der Waals surface area contributed by atoms with Crippen molar-refractivity contribution in [3.63, 3.8) is 0 Å². The maximum atomic E-state index is 11.7. The number of rotatable bonds is 9. The molecule has 0 aliphatic heterocycles. The Labute approximate surface area is 169 Å². The molecule has 154 valence electrons. The van der Waals surface area contributed by atoms with Crippen molar-refractivity contribution in [3.8, 4) is 11.5 Å². The second kappa shape index (κ2) is 9.43. The van der Waals surface area contributed by atoms with Crippen LogP contribution in [0.15, 0.2) is 40.9 Å². The second-order valence-corrected chi connectivity index (χ2v) is 6.56. The van der Waals surface area contributed by atoms with E-state index in [0.717, 1.165) is 24.0 Å². The first-order valence-electron chi connectivity index (χ1n) is 9.78. The molecule has 0 aliphatic rings. The van der Waals surface area contributed by atoms with Crippen molar-refractivity contribution in [2.45, 2.75) is 33.9 Å². The number of ether oxygens (including phenoxy) is 2. The maximum absolute atomic E-state index is 11.7. The summed E-state index contributed by atoms with van der Waals surface area (Å²) in [7, 11) is 0. The number of benzene rings is 2. The molecule has 7 heteroatoms. The summed E-state index contributed by atoms with van der Waals surface area (Å²) in [6, 6.07) is 10.2. The van der Waals surface area contributed by atoms with Gasteiger partial charge in [0.15, 0.2) is 5.58 Å². The summed E-state index contributed by atoms with van der Waals surface area (Å²) in [5, 5.41) is 15.2. The highest BCUT2D eigenvalue weighted by Gasteiger charge is 2.17. The average molecular weight is 398 g/mol. The Morgan fingerprint density at radius 3 is 2.48 bits per heavy atom. The van der Waals surface area contributed by atoms with Crippen molar-refractivity contribution in [2.75, 3.05) is 19.7 Å². The van der Waals surface area contributed by atoms with Gasteiger partial charge in [-0.3, -0.25) is 4.90 Å². The van der Waals surface area contributed by atoms with Gasteiger partial charge in [0, 0.05) is 11.9 Å². The summed E-state index contributed by atoms with van der Waals surface area (Å²) in [6.45, 7) is 8.80. The molecule has 0 fully saturated rings. The number of phenols is 1. The van der Waals surface area contributed by atoms with E-state index < -0.39 is 0 Å². The number of esters is 1. The number of carbonyl (C=O) groups is 1. The van der Waals surface area contributed by atoms with Crippen molar-refractivity contribution in [3.05, 3.63) is 53.2 Å². The van der Waals surface area contributed by atoms with Crippen LogP contribution in [0.5, 0.6) is 11.5 Å². The third-order valence-electron chi connectivity index (χ3n) is 4.81. The Bertz CT molecular complexity index is 961. The summed E-state index contributed by atoms with van der Waals surface area (Å²) in [5.74, 6) is 0.445. The lowest BCUT2D eigenvalue weighted by Gasteiger charge is -2.18. The third-order valence-corrected chi connectivity index (χ3v) is 4.81. The maximum Gasteiger partial charge on any atom is 0.338 e. The van der Waals surface area contributed by atoms with Crippen LogP contribution in [0.1, 0.15) is 42.4 Å². The number of phenolic OH excluding ortho intramolecular Hbond substituents is 1. The topological polar surface area (TPSA) is 85.0 Å². The predicted molar refractivity (Wildman–Crippen MR) is 109 cm³/mol. The molecule has 3 rings (SSSR count). The molecule has 0 spiro atoms. The van der Waals surface area contributed by atoms with Gasteiger partial charge in [0.25, 0.3) is 0 Å². The molecule has 0 saturated heterocycles. The van der Waals surface area contributed by atoms with Crippen LogP contribution >= 0.6 is 0 Å². The molecule has 0 bridgehead atoms. The molecule has 1 aromatic heterocycles. The van der Waals surface area contributed by atoms with E-state index in [2.05, 4.69) is 23.9 Å².